The molecule has 0 unspecified atom stereocenters. The third-order valence-electron chi connectivity index (χ3n) is 3.06. The molecule has 8 nitrogen and oxygen atoms in total. The van der Waals surface area contributed by atoms with Crippen molar-refractivity contribution in [1.29, 1.82) is 0 Å². The van der Waals surface area contributed by atoms with E-state index in [0.717, 1.165) is 5.52 Å². The number of halogens is 1. The molecule has 0 saturated carbocycles. The van der Waals surface area contributed by atoms with E-state index in [0.29, 0.717) is 29.9 Å². The molecule has 0 aliphatic rings. The molecule has 114 valence electrons. The van der Waals surface area contributed by atoms with Crippen molar-refractivity contribution in [3.63, 3.8) is 0 Å². The van der Waals surface area contributed by atoms with Gasteiger partial charge in [-0.05, 0) is 35.3 Å². The van der Waals surface area contributed by atoms with Crippen LogP contribution in [0.25, 0.3) is 21.3 Å². The number of fused-ring (bicyclic) bond motifs is 1. The van der Waals surface area contributed by atoms with Crippen molar-refractivity contribution in [2.75, 3.05) is 6.54 Å². The second-order valence-corrected chi connectivity index (χ2v) is 4.91. The van der Waals surface area contributed by atoms with Crippen LogP contribution in [0.4, 0.5) is 4.79 Å². The molecule has 0 radical (unpaired) electrons. The van der Waals surface area contributed by atoms with Gasteiger partial charge in [0.05, 0.1) is 0 Å². The van der Waals surface area contributed by atoms with Crippen LogP contribution in [0.2, 0.25) is 5.02 Å². The Bertz CT molecular complexity index is 779. The molecular formula is C13H12ClN5O3. The Balaban J connectivity index is 2.32. The summed E-state index contributed by atoms with van der Waals surface area (Å²) in [6, 6.07) is 5.08. The van der Waals surface area contributed by atoms with E-state index in [4.69, 9.17) is 22.2 Å². The van der Waals surface area contributed by atoms with Crippen molar-refractivity contribution in [3.05, 3.63) is 45.4 Å². The fourth-order valence-electron chi connectivity index (χ4n) is 2.16. The van der Waals surface area contributed by atoms with Crippen molar-refractivity contribution in [2.45, 2.75) is 13.0 Å². The predicted molar refractivity (Wildman–Crippen MR) is 81.1 cm³/mol. The fourth-order valence-corrected chi connectivity index (χ4v) is 2.34. The summed E-state index contributed by atoms with van der Waals surface area (Å²) >= 11 is 5.94. The van der Waals surface area contributed by atoms with Gasteiger partial charge in [0.25, 0.3) is 5.91 Å². The lowest BCUT2D eigenvalue weighted by atomic mass is 10.2. The van der Waals surface area contributed by atoms with Gasteiger partial charge in [0.15, 0.2) is 0 Å². The molecule has 1 aromatic heterocycles. The first-order valence-corrected chi connectivity index (χ1v) is 6.75. The molecule has 0 aliphatic carbocycles. The lowest BCUT2D eigenvalue weighted by molar-refractivity contribution is 0.100. The second kappa shape index (κ2) is 6.84. The Morgan fingerprint density at radius 1 is 1.45 bits per heavy atom. The summed E-state index contributed by atoms with van der Waals surface area (Å²) in [6.07, 6.45) is 1.05. The number of aromatic nitrogens is 1. The van der Waals surface area contributed by atoms with Gasteiger partial charge in [0.1, 0.15) is 0 Å². The van der Waals surface area contributed by atoms with Gasteiger partial charge in [0, 0.05) is 45.7 Å². The molecule has 0 spiro atoms. The highest BCUT2D eigenvalue weighted by Crippen LogP contribution is 2.26. The highest BCUT2D eigenvalue weighted by Gasteiger charge is 2.14. The number of aryl methyl sites for hydroxylation is 1. The molecule has 1 aromatic carbocycles. The van der Waals surface area contributed by atoms with Crippen LogP contribution in [0.15, 0.2) is 29.5 Å². The summed E-state index contributed by atoms with van der Waals surface area (Å²) in [5, 5.41) is 15.0. The number of carbonyl (C=O) groups excluding carboxylic acids is 1. The number of carbonyl (C=O) groups is 2. The van der Waals surface area contributed by atoms with Gasteiger partial charge in [0.2, 0.25) is 0 Å². The van der Waals surface area contributed by atoms with E-state index in [1.165, 1.54) is 0 Å². The van der Waals surface area contributed by atoms with E-state index in [9.17, 15) is 9.59 Å². The number of amides is 2. The monoisotopic (exact) mass is 321 g/mol. The highest BCUT2D eigenvalue weighted by atomic mass is 35.5. The van der Waals surface area contributed by atoms with E-state index in [2.05, 4.69) is 15.3 Å². The van der Waals surface area contributed by atoms with Crippen LogP contribution in [0.1, 0.15) is 16.8 Å². The van der Waals surface area contributed by atoms with Crippen molar-refractivity contribution in [1.82, 2.24) is 9.88 Å². The number of benzene rings is 1. The fraction of sp³-hybridized carbons (Fsp3) is 0.231. The summed E-state index contributed by atoms with van der Waals surface area (Å²) in [6.45, 7) is 0.796. The standard InChI is InChI=1S/C13H12ClN5O3/c14-8-2-3-11-9(6-8)10(12(20)17-18-15)7-19(11)5-1-4-16-13(21)22/h2-3,6-7,16H,1,4-5H2,(H,21,22). The van der Waals surface area contributed by atoms with Crippen molar-refractivity contribution < 1.29 is 14.7 Å². The first-order chi connectivity index (χ1) is 10.5. The maximum Gasteiger partial charge on any atom is 0.404 e. The van der Waals surface area contributed by atoms with Crippen LogP contribution in [-0.4, -0.2) is 28.2 Å². The first kappa shape index (κ1) is 15.7. The van der Waals surface area contributed by atoms with E-state index in [-0.39, 0.29) is 5.56 Å². The topological polar surface area (TPSA) is 120 Å². The summed E-state index contributed by atoms with van der Waals surface area (Å²) in [5.41, 5.74) is 9.42. The lowest BCUT2D eigenvalue weighted by Crippen LogP contribution is -2.22. The Kier molecular flexibility index (Phi) is 4.88. The maximum atomic E-state index is 11.8. The highest BCUT2D eigenvalue weighted by molar-refractivity contribution is 6.31. The van der Waals surface area contributed by atoms with Crippen LogP contribution in [0.3, 0.4) is 0 Å². The van der Waals surface area contributed by atoms with Crippen LogP contribution in [0.5, 0.6) is 0 Å². The van der Waals surface area contributed by atoms with Gasteiger partial charge < -0.3 is 15.0 Å². The zero-order valence-corrected chi connectivity index (χ0v) is 12.1. The Morgan fingerprint density at radius 2 is 2.23 bits per heavy atom. The number of carboxylic acid groups (broad SMARTS) is 1. The number of nitrogens with zero attached hydrogens (tertiary/aromatic N) is 4. The molecule has 0 saturated heterocycles. The Morgan fingerprint density at radius 3 is 2.91 bits per heavy atom. The summed E-state index contributed by atoms with van der Waals surface area (Å²) in [4.78, 5) is 24.7. The second-order valence-electron chi connectivity index (χ2n) is 4.48. The molecule has 1 heterocycles. The van der Waals surface area contributed by atoms with Crippen molar-refractivity contribution in [3.8, 4) is 0 Å². The van der Waals surface area contributed by atoms with E-state index < -0.39 is 12.0 Å². The zero-order chi connectivity index (χ0) is 16.1. The van der Waals surface area contributed by atoms with Crippen molar-refractivity contribution >= 4 is 34.5 Å². The normalized spacial score (nSPS) is 10.2. The van der Waals surface area contributed by atoms with Crippen LogP contribution < -0.4 is 5.32 Å². The van der Waals surface area contributed by atoms with Gasteiger partial charge in [-0.1, -0.05) is 11.6 Å². The number of azide groups is 1. The maximum absolute atomic E-state index is 11.8. The molecule has 2 N–H and O–H groups in total. The number of rotatable bonds is 5. The van der Waals surface area contributed by atoms with Crippen molar-refractivity contribution in [2.24, 2.45) is 5.11 Å². The molecule has 2 rings (SSSR count). The molecule has 2 aromatic rings. The smallest absolute Gasteiger partial charge is 0.404 e. The average Bonchev–Trinajstić information content (AvgIpc) is 2.81. The molecule has 9 heteroatoms. The summed E-state index contributed by atoms with van der Waals surface area (Å²) < 4.78 is 1.80. The quantitative estimate of drug-likeness (QED) is 0.380. The SMILES string of the molecule is [N-]=[N+]=NC(=O)c1cn(CCCNC(=O)O)c2ccc(Cl)cc12. The van der Waals surface area contributed by atoms with Gasteiger partial charge in [-0.25, -0.2) is 4.79 Å². The van der Waals surface area contributed by atoms with E-state index in [1.807, 2.05) is 0 Å². The Labute approximate surface area is 129 Å². The van der Waals surface area contributed by atoms with Gasteiger partial charge in [-0.15, -0.1) is 0 Å². The minimum absolute atomic E-state index is 0.265. The number of hydrogen-bond acceptors (Lipinski definition) is 2. The van der Waals surface area contributed by atoms with Crippen LogP contribution in [-0.2, 0) is 6.54 Å². The summed E-state index contributed by atoms with van der Waals surface area (Å²) in [5.74, 6) is -0.683. The van der Waals surface area contributed by atoms with Crippen LogP contribution in [0, 0.1) is 0 Å². The van der Waals surface area contributed by atoms with Gasteiger partial charge in [-0.3, -0.25) is 4.79 Å². The third-order valence-corrected chi connectivity index (χ3v) is 3.30. The van der Waals surface area contributed by atoms with Crippen LogP contribution >= 0.6 is 11.6 Å². The largest absolute Gasteiger partial charge is 0.465 e. The number of hydrogen-bond donors (Lipinski definition) is 2. The van der Waals surface area contributed by atoms with Gasteiger partial charge in [-0.2, -0.15) is 0 Å². The minimum atomic E-state index is -1.08. The lowest BCUT2D eigenvalue weighted by Gasteiger charge is -2.05. The molecule has 0 atom stereocenters. The predicted octanol–water partition coefficient (Wildman–Crippen LogP) is 3.40. The molecule has 22 heavy (non-hydrogen) atoms. The van der Waals surface area contributed by atoms with E-state index >= 15 is 0 Å². The average molecular weight is 322 g/mol. The Hall–Kier alpha value is -2.70. The third kappa shape index (κ3) is 3.49. The van der Waals surface area contributed by atoms with Gasteiger partial charge >= 0.3 is 6.09 Å². The number of nitrogens with one attached hydrogen (secondary N) is 1. The minimum Gasteiger partial charge on any atom is -0.465 e. The molecule has 0 fully saturated rings. The summed E-state index contributed by atoms with van der Waals surface area (Å²) in [7, 11) is 0. The molecule has 0 aliphatic heterocycles. The molecule has 2 amide bonds. The van der Waals surface area contributed by atoms with E-state index in [1.54, 1.807) is 29.0 Å². The first-order valence-electron chi connectivity index (χ1n) is 6.37. The zero-order valence-electron chi connectivity index (χ0n) is 11.4. The molecular weight excluding hydrogens is 310 g/mol. The molecule has 0 bridgehead atoms.